The molecule has 1 rings (SSSR count). The fourth-order valence-corrected chi connectivity index (χ4v) is 1.96. The van der Waals surface area contributed by atoms with Crippen molar-refractivity contribution in [2.24, 2.45) is 5.92 Å². The Balaban J connectivity index is 2.35. The summed E-state index contributed by atoms with van der Waals surface area (Å²) in [5.41, 5.74) is 1.24. The van der Waals surface area contributed by atoms with Gasteiger partial charge in [0.15, 0.2) is 0 Å². The molecule has 0 saturated heterocycles. The molecule has 0 heterocycles. The smallest absolute Gasteiger partial charge is 0.230 e. The largest absolute Gasteiger partial charge is 0.353 e. The SMILES string of the molecule is Cc1ccc(SCC(=O)NC(C)C(C)C)cc1. The normalized spacial score (nSPS) is 12.5. The molecule has 0 bridgehead atoms. The molecule has 0 fully saturated rings. The number of thioether (sulfide) groups is 1. The highest BCUT2D eigenvalue weighted by molar-refractivity contribution is 8.00. The predicted molar refractivity (Wildman–Crippen MR) is 74.3 cm³/mol. The highest BCUT2D eigenvalue weighted by Gasteiger charge is 2.10. The zero-order valence-corrected chi connectivity index (χ0v) is 11.8. The molecular formula is C14H21NOS. The van der Waals surface area contributed by atoms with Gasteiger partial charge in [-0.15, -0.1) is 11.8 Å². The van der Waals surface area contributed by atoms with Gasteiger partial charge in [0.05, 0.1) is 5.75 Å². The average molecular weight is 251 g/mol. The van der Waals surface area contributed by atoms with E-state index in [0.29, 0.717) is 11.7 Å². The quantitative estimate of drug-likeness (QED) is 0.814. The van der Waals surface area contributed by atoms with Gasteiger partial charge in [0.1, 0.15) is 0 Å². The molecule has 0 aliphatic carbocycles. The van der Waals surface area contributed by atoms with Gasteiger partial charge in [-0.2, -0.15) is 0 Å². The van der Waals surface area contributed by atoms with E-state index < -0.39 is 0 Å². The number of carbonyl (C=O) groups excluding carboxylic acids is 1. The molecule has 3 heteroatoms. The Morgan fingerprint density at radius 3 is 2.35 bits per heavy atom. The highest BCUT2D eigenvalue weighted by Crippen LogP contribution is 2.17. The number of hydrogen-bond donors (Lipinski definition) is 1. The van der Waals surface area contributed by atoms with Crippen molar-refractivity contribution in [1.29, 1.82) is 0 Å². The Morgan fingerprint density at radius 1 is 1.24 bits per heavy atom. The van der Waals surface area contributed by atoms with Crippen LogP contribution in [-0.4, -0.2) is 17.7 Å². The van der Waals surface area contributed by atoms with Gasteiger partial charge in [0, 0.05) is 10.9 Å². The maximum atomic E-state index is 11.7. The first-order chi connectivity index (χ1) is 7.99. The number of benzene rings is 1. The van der Waals surface area contributed by atoms with E-state index in [1.807, 2.05) is 6.92 Å². The van der Waals surface area contributed by atoms with Crippen molar-refractivity contribution in [3.63, 3.8) is 0 Å². The molecule has 17 heavy (non-hydrogen) atoms. The van der Waals surface area contributed by atoms with Crippen molar-refractivity contribution in [3.8, 4) is 0 Å². The van der Waals surface area contributed by atoms with E-state index in [9.17, 15) is 4.79 Å². The summed E-state index contributed by atoms with van der Waals surface area (Å²) < 4.78 is 0. The molecule has 0 aliphatic rings. The molecule has 1 aromatic carbocycles. The number of aryl methyl sites for hydroxylation is 1. The molecule has 0 aliphatic heterocycles. The lowest BCUT2D eigenvalue weighted by Gasteiger charge is -2.17. The Bertz CT molecular complexity index is 359. The molecule has 1 amide bonds. The minimum atomic E-state index is 0.108. The predicted octanol–water partition coefficient (Wildman–Crippen LogP) is 3.25. The monoisotopic (exact) mass is 251 g/mol. The van der Waals surface area contributed by atoms with Gasteiger partial charge in [0.25, 0.3) is 0 Å². The van der Waals surface area contributed by atoms with Crippen LogP contribution in [0.2, 0.25) is 0 Å². The zero-order chi connectivity index (χ0) is 12.8. The third-order valence-electron chi connectivity index (χ3n) is 2.78. The lowest BCUT2D eigenvalue weighted by Crippen LogP contribution is -2.37. The van der Waals surface area contributed by atoms with Crippen LogP contribution in [0.3, 0.4) is 0 Å². The van der Waals surface area contributed by atoms with E-state index in [1.54, 1.807) is 11.8 Å². The number of rotatable bonds is 5. The topological polar surface area (TPSA) is 29.1 Å². The number of nitrogens with one attached hydrogen (secondary N) is 1. The summed E-state index contributed by atoms with van der Waals surface area (Å²) in [6.07, 6.45) is 0. The molecule has 1 atom stereocenters. The Kier molecular flexibility index (Phi) is 5.56. The van der Waals surface area contributed by atoms with Crippen LogP contribution in [0, 0.1) is 12.8 Å². The summed E-state index contributed by atoms with van der Waals surface area (Å²) in [4.78, 5) is 12.8. The minimum absolute atomic E-state index is 0.108. The van der Waals surface area contributed by atoms with Crippen LogP contribution in [0.1, 0.15) is 26.3 Å². The van der Waals surface area contributed by atoms with E-state index in [4.69, 9.17) is 0 Å². The lowest BCUT2D eigenvalue weighted by molar-refractivity contribution is -0.119. The second-order valence-corrected chi connectivity index (χ2v) is 5.75. The lowest BCUT2D eigenvalue weighted by atomic mass is 10.1. The summed E-state index contributed by atoms with van der Waals surface area (Å²) in [6.45, 7) is 8.32. The fourth-order valence-electron chi connectivity index (χ4n) is 1.25. The van der Waals surface area contributed by atoms with E-state index in [2.05, 4.69) is 50.4 Å². The second-order valence-electron chi connectivity index (χ2n) is 4.70. The van der Waals surface area contributed by atoms with Crippen molar-refractivity contribution < 1.29 is 4.79 Å². The highest BCUT2D eigenvalue weighted by atomic mass is 32.2. The van der Waals surface area contributed by atoms with Gasteiger partial charge in [-0.3, -0.25) is 4.79 Å². The first kappa shape index (κ1) is 14.1. The summed E-state index contributed by atoms with van der Waals surface area (Å²) in [5.74, 6) is 1.07. The van der Waals surface area contributed by atoms with Gasteiger partial charge in [-0.1, -0.05) is 31.5 Å². The first-order valence-corrected chi connectivity index (χ1v) is 6.96. The molecule has 2 nitrogen and oxygen atoms in total. The van der Waals surface area contributed by atoms with Gasteiger partial charge in [-0.25, -0.2) is 0 Å². The van der Waals surface area contributed by atoms with Gasteiger partial charge in [0.2, 0.25) is 5.91 Å². The number of carbonyl (C=O) groups is 1. The second kappa shape index (κ2) is 6.70. The van der Waals surface area contributed by atoms with Crippen molar-refractivity contribution in [1.82, 2.24) is 5.32 Å². The molecular weight excluding hydrogens is 230 g/mol. The molecule has 94 valence electrons. The summed E-state index contributed by atoms with van der Waals surface area (Å²) in [7, 11) is 0. The van der Waals surface area contributed by atoms with Crippen LogP contribution >= 0.6 is 11.8 Å². The fraction of sp³-hybridized carbons (Fsp3) is 0.500. The van der Waals surface area contributed by atoms with Gasteiger partial charge in [-0.05, 0) is 31.9 Å². The van der Waals surface area contributed by atoms with E-state index in [1.165, 1.54) is 5.56 Å². The van der Waals surface area contributed by atoms with E-state index >= 15 is 0 Å². The maximum absolute atomic E-state index is 11.7. The van der Waals surface area contributed by atoms with Crippen molar-refractivity contribution in [2.75, 3.05) is 5.75 Å². The molecule has 0 aromatic heterocycles. The van der Waals surface area contributed by atoms with E-state index in [0.717, 1.165) is 4.90 Å². The number of amides is 1. The summed E-state index contributed by atoms with van der Waals surface area (Å²) in [6, 6.07) is 8.48. The van der Waals surface area contributed by atoms with Gasteiger partial charge < -0.3 is 5.32 Å². The first-order valence-electron chi connectivity index (χ1n) is 5.98. The van der Waals surface area contributed by atoms with Crippen LogP contribution < -0.4 is 5.32 Å². The van der Waals surface area contributed by atoms with Crippen molar-refractivity contribution in [2.45, 2.75) is 38.6 Å². The van der Waals surface area contributed by atoms with Gasteiger partial charge >= 0.3 is 0 Å². The molecule has 1 aromatic rings. The third-order valence-corrected chi connectivity index (χ3v) is 3.79. The summed E-state index contributed by atoms with van der Waals surface area (Å²) in [5, 5.41) is 3.00. The standard InChI is InChI=1S/C14H21NOS/c1-10(2)12(4)15-14(16)9-17-13-7-5-11(3)6-8-13/h5-8,10,12H,9H2,1-4H3,(H,15,16). The van der Waals surface area contributed by atoms with Crippen LogP contribution in [0.4, 0.5) is 0 Å². The van der Waals surface area contributed by atoms with Crippen LogP contribution in [0.15, 0.2) is 29.2 Å². The molecule has 1 N–H and O–H groups in total. The van der Waals surface area contributed by atoms with Crippen LogP contribution in [-0.2, 0) is 4.79 Å². The average Bonchev–Trinajstić information content (AvgIpc) is 2.28. The Hall–Kier alpha value is -0.960. The van der Waals surface area contributed by atoms with Crippen molar-refractivity contribution in [3.05, 3.63) is 29.8 Å². The molecule has 1 unspecified atom stereocenters. The Labute approximate surface area is 108 Å². The maximum Gasteiger partial charge on any atom is 0.230 e. The third kappa shape index (κ3) is 5.26. The summed E-state index contributed by atoms with van der Waals surface area (Å²) >= 11 is 1.58. The minimum Gasteiger partial charge on any atom is -0.353 e. The van der Waals surface area contributed by atoms with Crippen LogP contribution in [0.25, 0.3) is 0 Å². The van der Waals surface area contributed by atoms with Crippen molar-refractivity contribution >= 4 is 17.7 Å². The number of hydrogen-bond acceptors (Lipinski definition) is 2. The molecule has 0 radical (unpaired) electrons. The zero-order valence-electron chi connectivity index (χ0n) is 11.0. The molecule has 0 spiro atoms. The van der Waals surface area contributed by atoms with Crippen LogP contribution in [0.5, 0.6) is 0 Å². The Morgan fingerprint density at radius 2 is 1.82 bits per heavy atom. The van der Waals surface area contributed by atoms with E-state index in [-0.39, 0.29) is 11.9 Å². The molecule has 0 saturated carbocycles.